The molecule has 2 aromatic rings. The molecule has 0 saturated carbocycles. The molecule has 1 aromatic heterocycles. The fourth-order valence-corrected chi connectivity index (χ4v) is 4.83. The molecule has 34 heavy (non-hydrogen) atoms. The Hall–Kier alpha value is -3.09. The van der Waals surface area contributed by atoms with E-state index in [2.05, 4.69) is 9.98 Å². The van der Waals surface area contributed by atoms with E-state index in [-0.39, 0.29) is 16.0 Å². The number of hydrogen-bond donors (Lipinski definition) is 5. The van der Waals surface area contributed by atoms with Crippen molar-refractivity contribution in [2.75, 3.05) is 11.8 Å². The normalized spacial score (nSPS) is 12.3. The van der Waals surface area contributed by atoms with E-state index in [1.807, 2.05) is 0 Å². The minimum absolute atomic E-state index is 0.141. The lowest BCUT2D eigenvalue weighted by Gasteiger charge is -2.19. The molecule has 0 spiro atoms. The molecule has 0 saturated heterocycles. The average Bonchev–Trinajstić information content (AvgIpc) is 3.10. The minimum atomic E-state index is -4.83. The first kappa shape index (κ1) is 27.2. The van der Waals surface area contributed by atoms with E-state index in [0.29, 0.717) is 15.5 Å². The van der Waals surface area contributed by atoms with Crippen LogP contribution in [0.15, 0.2) is 39.6 Å². The van der Waals surface area contributed by atoms with Crippen LogP contribution in [0.25, 0.3) is 11.1 Å². The Balaban J connectivity index is 2.58. The summed E-state index contributed by atoms with van der Waals surface area (Å²) < 4.78 is 63.0. The van der Waals surface area contributed by atoms with Gasteiger partial charge in [0.25, 0.3) is 32.1 Å². The molecule has 0 aliphatic rings. The third-order valence-corrected chi connectivity index (χ3v) is 6.21. The van der Waals surface area contributed by atoms with Crippen LogP contribution < -0.4 is 17.2 Å². The number of aliphatic imine (C=N–C) groups is 2. The lowest BCUT2D eigenvalue weighted by Crippen LogP contribution is -2.44. The maximum atomic E-state index is 12.7. The molecular weight excluding hydrogens is 536 g/mol. The third kappa shape index (κ3) is 8.04. The molecule has 0 bridgehead atoms. The van der Waals surface area contributed by atoms with Crippen molar-refractivity contribution in [2.24, 2.45) is 27.2 Å². The number of amides is 2. The monoisotopic (exact) mass is 552 g/mol. The summed E-state index contributed by atoms with van der Waals surface area (Å²) in [4.78, 5) is 32.1. The number of nitrogens with two attached hydrogens (primary N) is 3. The topological polar surface area (TPSA) is 249 Å². The summed E-state index contributed by atoms with van der Waals surface area (Å²) in [6.45, 7) is 0. The number of hydrogen-bond acceptors (Lipinski definition) is 7. The van der Waals surface area contributed by atoms with Gasteiger partial charge in [-0.05, 0) is 35.2 Å². The maximum Gasteiger partial charge on any atom is 0.283 e. The van der Waals surface area contributed by atoms with E-state index in [9.17, 15) is 26.4 Å². The van der Waals surface area contributed by atoms with E-state index in [1.165, 1.54) is 23.5 Å². The lowest BCUT2D eigenvalue weighted by atomic mass is 10.0. The molecule has 1 heterocycles. The molecule has 14 nitrogen and oxygen atoms in total. The van der Waals surface area contributed by atoms with Gasteiger partial charge in [0.05, 0.1) is 0 Å². The summed E-state index contributed by atoms with van der Waals surface area (Å²) in [6.07, 6.45) is 0. The average molecular weight is 553 g/mol. The first-order valence-electron chi connectivity index (χ1n) is 8.62. The first-order chi connectivity index (χ1) is 15.6. The summed E-state index contributed by atoms with van der Waals surface area (Å²) in [5, 5.41) is 1.66. The standard InChI is InChI=1S/C16H17ClN6O8S3/c17-12-11(1-2-32-12)8-3-9(13(24)21-15(18)19)5-10(4-8)14(25)22-16(20)23(6-33(26,27)28)7-34(29,30)31/h1-5H,6-7H2,(H2,20,22,25)(H,26,27,28)(H,29,30,31)(H4,18,19,21,24). The summed E-state index contributed by atoms with van der Waals surface area (Å²) in [5.41, 5.74) is 16.4. The Morgan fingerprint density at radius 1 is 0.941 bits per heavy atom. The highest BCUT2D eigenvalue weighted by atomic mass is 35.5. The van der Waals surface area contributed by atoms with Crippen LogP contribution in [0.2, 0.25) is 4.34 Å². The second-order valence-electron chi connectivity index (χ2n) is 6.49. The van der Waals surface area contributed by atoms with Crippen LogP contribution in [0.5, 0.6) is 0 Å². The molecule has 1 aromatic carbocycles. The van der Waals surface area contributed by atoms with E-state index < -0.39 is 55.7 Å². The van der Waals surface area contributed by atoms with Crippen LogP contribution in [0.3, 0.4) is 0 Å². The van der Waals surface area contributed by atoms with Crippen molar-refractivity contribution in [3.63, 3.8) is 0 Å². The van der Waals surface area contributed by atoms with Crippen LogP contribution in [0, 0.1) is 0 Å². The highest BCUT2D eigenvalue weighted by Gasteiger charge is 2.23. The molecule has 0 unspecified atom stereocenters. The van der Waals surface area contributed by atoms with Gasteiger partial charge in [0.1, 0.15) is 16.1 Å². The van der Waals surface area contributed by atoms with E-state index in [0.717, 1.165) is 6.07 Å². The fourth-order valence-electron chi connectivity index (χ4n) is 2.52. The van der Waals surface area contributed by atoms with Crippen molar-refractivity contribution < 1.29 is 35.5 Å². The minimum Gasteiger partial charge on any atom is -0.370 e. The zero-order valence-electron chi connectivity index (χ0n) is 16.8. The summed E-state index contributed by atoms with van der Waals surface area (Å²) in [7, 11) is -9.66. The zero-order valence-corrected chi connectivity index (χ0v) is 20.0. The number of thiophene rings is 1. The molecular formula is C16H17ClN6O8S3. The van der Waals surface area contributed by atoms with Crippen LogP contribution in [0.1, 0.15) is 20.7 Å². The Morgan fingerprint density at radius 3 is 1.85 bits per heavy atom. The van der Waals surface area contributed by atoms with Gasteiger partial charge < -0.3 is 22.1 Å². The van der Waals surface area contributed by atoms with Gasteiger partial charge in [-0.2, -0.15) is 26.8 Å². The number of benzene rings is 1. The number of carbonyl (C=O) groups excluding carboxylic acids is 2. The zero-order chi connectivity index (χ0) is 25.8. The fraction of sp³-hybridized carbons (Fsp3) is 0.125. The summed E-state index contributed by atoms with van der Waals surface area (Å²) in [6, 6.07) is 5.32. The van der Waals surface area contributed by atoms with Crippen molar-refractivity contribution in [3.05, 3.63) is 45.1 Å². The predicted molar refractivity (Wildman–Crippen MR) is 126 cm³/mol. The smallest absolute Gasteiger partial charge is 0.283 e. The Labute approximate surface area is 202 Å². The largest absolute Gasteiger partial charge is 0.370 e. The third-order valence-electron chi connectivity index (χ3n) is 3.76. The molecule has 0 radical (unpaired) electrons. The van der Waals surface area contributed by atoms with Crippen LogP contribution in [-0.2, 0) is 20.2 Å². The van der Waals surface area contributed by atoms with Crippen molar-refractivity contribution >= 4 is 66.9 Å². The van der Waals surface area contributed by atoms with Gasteiger partial charge in [-0.25, -0.2) is 0 Å². The molecule has 2 rings (SSSR count). The SMILES string of the molecule is NC(N)=NC(=O)c1cc(C(=O)N=C(N)N(CS(=O)(=O)O)CS(=O)(=O)O)cc(-c2ccsc2Cl)c1. The molecule has 18 heteroatoms. The lowest BCUT2D eigenvalue weighted by molar-refractivity contribution is 0.100. The van der Waals surface area contributed by atoms with Gasteiger partial charge in [0.15, 0.2) is 5.96 Å². The molecule has 0 fully saturated rings. The Morgan fingerprint density at radius 2 is 1.44 bits per heavy atom. The van der Waals surface area contributed by atoms with Crippen LogP contribution in [0.4, 0.5) is 0 Å². The molecule has 8 N–H and O–H groups in total. The molecule has 0 aliphatic carbocycles. The van der Waals surface area contributed by atoms with Gasteiger partial charge in [-0.15, -0.1) is 11.3 Å². The quantitative estimate of drug-likeness (QED) is 0.172. The second-order valence-corrected chi connectivity index (χ2v) is 10.8. The maximum absolute atomic E-state index is 12.7. The van der Waals surface area contributed by atoms with Crippen LogP contribution in [-0.4, -0.2) is 66.3 Å². The van der Waals surface area contributed by atoms with Crippen molar-refractivity contribution in [1.29, 1.82) is 0 Å². The van der Waals surface area contributed by atoms with Crippen molar-refractivity contribution in [3.8, 4) is 11.1 Å². The predicted octanol–water partition coefficient (Wildman–Crippen LogP) is -0.0704. The van der Waals surface area contributed by atoms with E-state index in [1.54, 1.807) is 11.4 Å². The number of guanidine groups is 2. The Bertz CT molecular complexity index is 1360. The number of nitrogens with zero attached hydrogens (tertiary/aromatic N) is 3. The molecule has 0 atom stereocenters. The summed E-state index contributed by atoms with van der Waals surface area (Å²) in [5.74, 6) is -6.33. The second kappa shape index (κ2) is 10.5. The van der Waals surface area contributed by atoms with Crippen molar-refractivity contribution in [2.45, 2.75) is 0 Å². The highest BCUT2D eigenvalue weighted by molar-refractivity contribution is 7.86. The Kier molecular flexibility index (Phi) is 8.35. The van der Waals surface area contributed by atoms with E-state index >= 15 is 0 Å². The number of carbonyl (C=O) groups is 2. The van der Waals surface area contributed by atoms with Gasteiger partial charge in [-0.3, -0.25) is 18.7 Å². The van der Waals surface area contributed by atoms with Gasteiger partial charge in [0.2, 0.25) is 5.96 Å². The first-order valence-corrected chi connectivity index (χ1v) is 13.1. The molecule has 2 amide bonds. The highest BCUT2D eigenvalue weighted by Crippen LogP contribution is 2.34. The van der Waals surface area contributed by atoms with Crippen LogP contribution >= 0.6 is 22.9 Å². The molecule has 184 valence electrons. The van der Waals surface area contributed by atoms with Gasteiger partial charge >= 0.3 is 0 Å². The van der Waals surface area contributed by atoms with Gasteiger partial charge in [-0.1, -0.05) is 11.6 Å². The van der Waals surface area contributed by atoms with E-state index in [4.69, 9.17) is 37.9 Å². The van der Waals surface area contributed by atoms with Crippen molar-refractivity contribution in [1.82, 2.24) is 4.90 Å². The van der Waals surface area contributed by atoms with Gasteiger partial charge in [0, 0.05) is 16.7 Å². The summed E-state index contributed by atoms with van der Waals surface area (Å²) >= 11 is 7.31. The number of halogens is 1. The molecule has 0 aliphatic heterocycles. The number of rotatable bonds is 7.